The van der Waals surface area contributed by atoms with Crippen molar-refractivity contribution in [2.45, 2.75) is 37.8 Å². The van der Waals surface area contributed by atoms with E-state index in [2.05, 4.69) is 11.4 Å². The van der Waals surface area contributed by atoms with E-state index in [1.54, 1.807) is 0 Å². The van der Waals surface area contributed by atoms with Crippen molar-refractivity contribution in [2.75, 3.05) is 26.4 Å². The van der Waals surface area contributed by atoms with Gasteiger partial charge in [0, 0.05) is 6.54 Å². The van der Waals surface area contributed by atoms with Crippen LogP contribution < -0.4 is 10.1 Å². The van der Waals surface area contributed by atoms with Crippen LogP contribution in [-0.2, 0) is 12.8 Å². The number of hydrogen-bond donors (Lipinski definition) is 4. The first kappa shape index (κ1) is 16.2. The van der Waals surface area contributed by atoms with Gasteiger partial charge in [-0.2, -0.15) is 0 Å². The van der Waals surface area contributed by atoms with Gasteiger partial charge in [-0.1, -0.05) is 12.1 Å². The molecule has 1 aliphatic rings. The molecule has 0 bridgehead atoms. The average molecular weight is 295 g/mol. The van der Waals surface area contributed by atoms with Gasteiger partial charge in [-0.15, -0.1) is 0 Å². The number of aliphatic hydroxyl groups is 3. The number of rotatable bonds is 8. The van der Waals surface area contributed by atoms with Crippen LogP contribution in [0.2, 0.25) is 0 Å². The molecule has 0 aromatic heterocycles. The maximum Gasteiger partial charge on any atom is 0.122 e. The molecule has 0 unspecified atom stereocenters. The number of fused-ring (bicyclic) bond motifs is 1. The van der Waals surface area contributed by atoms with E-state index in [-0.39, 0.29) is 26.4 Å². The molecule has 0 saturated carbocycles. The minimum Gasteiger partial charge on any atom is -0.491 e. The fourth-order valence-corrected chi connectivity index (χ4v) is 2.62. The molecule has 2 rings (SSSR count). The Morgan fingerprint density at radius 2 is 1.90 bits per heavy atom. The lowest BCUT2D eigenvalue weighted by Crippen LogP contribution is -2.42. The first-order valence-electron chi connectivity index (χ1n) is 7.61. The summed E-state index contributed by atoms with van der Waals surface area (Å²) in [6.45, 7) is 0.167. The minimum atomic E-state index is -0.676. The van der Waals surface area contributed by atoms with Crippen molar-refractivity contribution in [3.05, 3.63) is 29.3 Å². The van der Waals surface area contributed by atoms with Crippen molar-refractivity contribution < 1.29 is 20.1 Å². The summed E-state index contributed by atoms with van der Waals surface area (Å²) in [5.74, 6) is 0.868. The molecule has 1 aromatic rings. The summed E-state index contributed by atoms with van der Waals surface area (Å²) in [5, 5.41) is 30.7. The van der Waals surface area contributed by atoms with E-state index in [0.29, 0.717) is 0 Å². The monoisotopic (exact) mass is 295 g/mol. The summed E-state index contributed by atoms with van der Waals surface area (Å²) >= 11 is 0. The molecule has 0 spiro atoms. The molecular weight excluding hydrogens is 270 g/mol. The molecule has 1 atom stereocenters. The number of aryl methyl sites for hydroxylation is 1. The van der Waals surface area contributed by atoms with Crippen LogP contribution in [-0.4, -0.2) is 53.8 Å². The molecule has 5 nitrogen and oxygen atoms in total. The van der Waals surface area contributed by atoms with Gasteiger partial charge in [0.2, 0.25) is 0 Å². The highest BCUT2D eigenvalue weighted by Crippen LogP contribution is 2.29. The molecular formula is C16H25NO4. The zero-order valence-corrected chi connectivity index (χ0v) is 12.3. The van der Waals surface area contributed by atoms with Gasteiger partial charge in [-0.3, -0.25) is 0 Å². The van der Waals surface area contributed by atoms with E-state index in [4.69, 9.17) is 14.9 Å². The van der Waals surface area contributed by atoms with Crippen LogP contribution in [0.4, 0.5) is 0 Å². The van der Waals surface area contributed by atoms with Crippen LogP contribution in [0.1, 0.15) is 24.0 Å². The third-order valence-electron chi connectivity index (χ3n) is 3.87. The van der Waals surface area contributed by atoms with Gasteiger partial charge in [0.15, 0.2) is 0 Å². The van der Waals surface area contributed by atoms with Crippen molar-refractivity contribution in [2.24, 2.45) is 0 Å². The van der Waals surface area contributed by atoms with E-state index < -0.39 is 12.1 Å². The van der Waals surface area contributed by atoms with E-state index in [9.17, 15) is 5.11 Å². The van der Waals surface area contributed by atoms with Crippen LogP contribution >= 0.6 is 0 Å². The number of aliphatic hydroxyl groups excluding tert-OH is 3. The number of hydrogen-bond acceptors (Lipinski definition) is 5. The lowest BCUT2D eigenvalue weighted by atomic mass is 9.91. The molecule has 0 aliphatic heterocycles. The minimum absolute atomic E-state index is 0.156. The predicted octanol–water partition coefficient (Wildman–Crippen LogP) is 0.248. The first-order chi connectivity index (χ1) is 10.2. The van der Waals surface area contributed by atoms with Gasteiger partial charge in [0.05, 0.1) is 19.3 Å². The molecule has 21 heavy (non-hydrogen) atoms. The highest BCUT2D eigenvalue weighted by atomic mass is 16.5. The van der Waals surface area contributed by atoms with Crippen LogP contribution in [0.5, 0.6) is 5.75 Å². The van der Waals surface area contributed by atoms with Crippen molar-refractivity contribution in [1.29, 1.82) is 0 Å². The Morgan fingerprint density at radius 1 is 1.14 bits per heavy atom. The predicted molar refractivity (Wildman–Crippen MR) is 80.5 cm³/mol. The highest BCUT2D eigenvalue weighted by molar-refractivity contribution is 5.41. The largest absolute Gasteiger partial charge is 0.491 e. The molecule has 0 heterocycles. The molecule has 0 fully saturated rings. The molecule has 0 amide bonds. The van der Waals surface area contributed by atoms with Gasteiger partial charge in [-0.25, -0.2) is 0 Å². The summed E-state index contributed by atoms with van der Waals surface area (Å²) in [5.41, 5.74) is 2.62. The molecule has 4 N–H and O–H groups in total. The second kappa shape index (κ2) is 8.34. The fourth-order valence-electron chi connectivity index (χ4n) is 2.62. The van der Waals surface area contributed by atoms with E-state index in [0.717, 1.165) is 18.6 Å². The highest BCUT2D eigenvalue weighted by Gasteiger charge is 2.15. The summed E-state index contributed by atoms with van der Waals surface area (Å²) in [6, 6.07) is 5.70. The summed E-state index contributed by atoms with van der Waals surface area (Å²) < 4.78 is 5.75. The Bertz CT molecular complexity index is 434. The third-order valence-corrected chi connectivity index (χ3v) is 3.87. The van der Waals surface area contributed by atoms with Gasteiger partial charge in [0.1, 0.15) is 18.5 Å². The number of ether oxygens (including phenoxy) is 1. The van der Waals surface area contributed by atoms with Crippen molar-refractivity contribution in [3.8, 4) is 5.75 Å². The van der Waals surface area contributed by atoms with Gasteiger partial charge >= 0.3 is 0 Å². The Balaban J connectivity index is 1.83. The standard InChI is InChI=1S/C16H25NO4/c18-9-13(10-19)17-8-14(20)11-21-16-7-3-5-12-4-1-2-6-15(12)16/h3,5,7,13-14,17-20H,1-2,4,6,8-11H2/t14-/m1/s1. The number of nitrogens with one attached hydrogen (secondary N) is 1. The third kappa shape index (κ3) is 4.68. The molecule has 118 valence electrons. The van der Waals surface area contributed by atoms with Crippen LogP contribution in [0.3, 0.4) is 0 Å². The van der Waals surface area contributed by atoms with Gasteiger partial charge in [0.25, 0.3) is 0 Å². The zero-order chi connectivity index (χ0) is 15.1. The van der Waals surface area contributed by atoms with E-state index in [1.165, 1.54) is 24.0 Å². The molecule has 5 heteroatoms. The topological polar surface area (TPSA) is 82.0 Å². The Morgan fingerprint density at radius 3 is 2.67 bits per heavy atom. The van der Waals surface area contributed by atoms with Crippen LogP contribution in [0.15, 0.2) is 18.2 Å². The Hall–Kier alpha value is -1.14. The SMILES string of the molecule is OCC(CO)NC[C@@H](O)COc1cccc2c1CCCC2. The molecule has 1 aromatic carbocycles. The molecule has 1 aliphatic carbocycles. The van der Waals surface area contributed by atoms with Crippen molar-refractivity contribution in [1.82, 2.24) is 5.32 Å². The van der Waals surface area contributed by atoms with Crippen molar-refractivity contribution >= 4 is 0 Å². The first-order valence-corrected chi connectivity index (χ1v) is 7.61. The normalized spacial score (nSPS) is 15.8. The average Bonchev–Trinajstić information content (AvgIpc) is 2.53. The zero-order valence-electron chi connectivity index (χ0n) is 12.3. The lowest BCUT2D eigenvalue weighted by molar-refractivity contribution is 0.0924. The van der Waals surface area contributed by atoms with Crippen molar-refractivity contribution in [3.63, 3.8) is 0 Å². The van der Waals surface area contributed by atoms with E-state index in [1.807, 2.05) is 12.1 Å². The number of benzene rings is 1. The van der Waals surface area contributed by atoms with E-state index >= 15 is 0 Å². The molecule has 0 radical (unpaired) electrons. The lowest BCUT2D eigenvalue weighted by Gasteiger charge is -2.21. The maximum atomic E-state index is 9.90. The summed E-state index contributed by atoms with van der Waals surface area (Å²) in [7, 11) is 0. The van der Waals surface area contributed by atoms with Crippen LogP contribution in [0.25, 0.3) is 0 Å². The van der Waals surface area contributed by atoms with Gasteiger partial charge in [-0.05, 0) is 42.9 Å². The Kier molecular flexibility index (Phi) is 6.45. The summed E-state index contributed by atoms with van der Waals surface area (Å²) in [6.07, 6.45) is 3.88. The van der Waals surface area contributed by atoms with Gasteiger partial charge < -0.3 is 25.4 Å². The Labute approximate surface area is 125 Å². The molecule has 0 saturated heterocycles. The smallest absolute Gasteiger partial charge is 0.122 e. The maximum absolute atomic E-state index is 9.90. The second-order valence-corrected chi connectivity index (χ2v) is 5.54. The second-order valence-electron chi connectivity index (χ2n) is 5.54. The van der Waals surface area contributed by atoms with Crippen LogP contribution in [0, 0.1) is 0 Å². The summed E-state index contributed by atoms with van der Waals surface area (Å²) in [4.78, 5) is 0. The fraction of sp³-hybridized carbons (Fsp3) is 0.625. The quantitative estimate of drug-likeness (QED) is 0.553.